The maximum absolute atomic E-state index is 8.88. The molecule has 0 aliphatic heterocycles. The van der Waals surface area contributed by atoms with Crippen LogP contribution in [0.1, 0.15) is 49.8 Å². The van der Waals surface area contributed by atoms with Crippen LogP contribution in [0.2, 0.25) is 0 Å². The van der Waals surface area contributed by atoms with E-state index in [1.54, 1.807) is 0 Å². The fourth-order valence-corrected chi connectivity index (χ4v) is 3.07. The van der Waals surface area contributed by atoms with Crippen molar-refractivity contribution in [3.63, 3.8) is 0 Å². The Morgan fingerprint density at radius 1 is 1.32 bits per heavy atom. The molecule has 0 amide bonds. The molecule has 1 aliphatic carbocycles. The van der Waals surface area contributed by atoms with E-state index >= 15 is 0 Å². The number of nitrogens with zero attached hydrogens (tertiary/aromatic N) is 1. The molecule has 2 heteroatoms. The molecule has 2 rings (SSSR count). The van der Waals surface area contributed by atoms with Gasteiger partial charge in [0.05, 0.1) is 11.6 Å². The lowest BCUT2D eigenvalue weighted by Crippen LogP contribution is -2.40. The zero-order valence-corrected chi connectivity index (χ0v) is 12.2. The van der Waals surface area contributed by atoms with Gasteiger partial charge in [0.2, 0.25) is 0 Å². The Kier molecular flexibility index (Phi) is 4.61. The van der Waals surface area contributed by atoms with Crippen LogP contribution < -0.4 is 5.32 Å². The van der Waals surface area contributed by atoms with E-state index < -0.39 is 0 Å². The van der Waals surface area contributed by atoms with Gasteiger partial charge in [-0.15, -0.1) is 0 Å². The predicted molar refractivity (Wildman–Crippen MR) is 78.7 cm³/mol. The molecule has 0 heterocycles. The Hall–Kier alpha value is -1.33. The van der Waals surface area contributed by atoms with Crippen LogP contribution in [0.5, 0.6) is 0 Å². The summed E-state index contributed by atoms with van der Waals surface area (Å²) < 4.78 is 0. The van der Waals surface area contributed by atoms with Gasteiger partial charge in [-0.3, -0.25) is 0 Å². The predicted octanol–water partition coefficient (Wildman–Crippen LogP) is 3.78. The number of nitrogens with one attached hydrogen (secondary N) is 1. The summed E-state index contributed by atoms with van der Waals surface area (Å²) in [6, 6.07) is 8.80. The van der Waals surface area contributed by atoms with Gasteiger partial charge in [0, 0.05) is 12.6 Å². The van der Waals surface area contributed by atoms with Gasteiger partial charge in [-0.25, -0.2) is 0 Å². The molecule has 1 saturated carbocycles. The zero-order chi connectivity index (χ0) is 13.8. The van der Waals surface area contributed by atoms with Crippen LogP contribution in [-0.4, -0.2) is 6.04 Å². The maximum Gasteiger partial charge on any atom is 0.0991 e. The molecule has 0 radical (unpaired) electrons. The number of benzene rings is 1. The minimum absolute atomic E-state index is 0.638. The fourth-order valence-electron chi connectivity index (χ4n) is 3.07. The SMILES string of the molecule is Cc1cc(C#N)ccc1CNC1CCCC(C)C1C. The summed E-state index contributed by atoms with van der Waals surface area (Å²) in [4.78, 5) is 0. The molecule has 1 N–H and O–H groups in total. The smallest absolute Gasteiger partial charge is 0.0991 e. The third kappa shape index (κ3) is 3.36. The maximum atomic E-state index is 8.88. The summed E-state index contributed by atoms with van der Waals surface area (Å²) in [5.74, 6) is 1.58. The Balaban J connectivity index is 1.97. The van der Waals surface area contributed by atoms with Gasteiger partial charge in [-0.05, 0) is 48.4 Å². The van der Waals surface area contributed by atoms with Gasteiger partial charge in [0.15, 0.2) is 0 Å². The number of hydrogen-bond acceptors (Lipinski definition) is 2. The van der Waals surface area contributed by atoms with E-state index in [1.807, 2.05) is 12.1 Å². The molecule has 1 aliphatic rings. The van der Waals surface area contributed by atoms with Crippen molar-refractivity contribution in [2.45, 2.75) is 52.6 Å². The van der Waals surface area contributed by atoms with E-state index in [4.69, 9.17) is 5.26 Å². The lowest BCUT2D eigenvalue weighted by molar-refractivity contribution is 0.206. The first kappa shape index (κ1) is 14.1. The summed E-state index contributed by atoms with van der Waals surface area (Å²) >= 11 is 0. The molecule has 0 saturated heterocycles. The third-order valence-electron chi connectivity index (χ3n) is 4.73. The van der Waals surface area contributed by atoms with Crippen molar-refractivity contribution in [2.24, 2.45) is 11.8 Å². The molecule has 1 aromatic carbocycles. The van der Waals surface area contributed by atoms with E-state index in [1.165, 1.54) is 30.4 Å². The molecular formula is C17H24N2. The van der Waals surface area contributed by atoms with Crippen molar-refractivity contribution in [1.29, 1.82) is 5.26 Å². The van der Waals surface area contributed by atoms with E-state index in [0.29, 0.717) is 6.04 Å². The second-order valence-electron chi connectivity index (χ2n) is 6.01. The van der Waals surface area contributed by atoms with Gasteiger partial charge < -0.3 is 5.32 Å². The van der Waals surface area contributed by atoms with Crippen molar-refractivity contribution in [2.75, 3.05) is 0 Å². The van der Waals surface area contributed by atoms with Gasteiger partial charge in [0.1, 0.15) is 0 Å². The van der Waals surface area contributed by atoms with Crippen molar-refractivity contribution in [1.82, 2.24) is 5.32 Å². The Labute approximate surface area is 116 Å². The van der Waals surface area contributed by atoms with Crippen LogP contribution in [0.4, 0.5) is 0 Å². The minimum atomic E-state index is 0.638. The van der Waals surface area contributed by atoms with Gasteiger partial charge >= 0.3 is 0 Å². The first-order chi connectivity index (χ1) is 9.11. The number of rotatable bonds is 3. The summed E-state index contributed by atoms with van der Waals surface area (Å²) in [6.07, 6.45) is 4.01. The Morgan fingerprint density at radius 3 is 2.79 bits per heavy atom. The number of aryl methyl sites for hydroxylation is 1. The van der Waals surface area contributed by atoms with Crippen LogP contribution in [0.25, 0.3) is 0 Å². The largest absolute Gasteiger partial charge is 0.310 e. The monoisotopic (exact) mass is 256 g/mol. The highest BCUT2D eigenvalue weighted by molar-refractivity contribution is 5.37. The Morgan fingerprint density at radius 2 is 2.11 bits per heavy atom. The molecular weight excluding hydrogens is 232 g/mol. The quantitative estimate of drug-likeness (QED) is 0.893. The van der Waals surface area contributed by atoms with Crippen LogP contribution in [-0.2, 0) is 6.54 Å². The molecule has 0 spiro atoms. The first-order valence-electron chi connectivity index (χ1n) is 7.35. The lowest BCUT2D eigenvalue weighted by Gasteiger charge is -2.35. The van der Waals surface area contributed by atoms with E-state index in [-0.39, 0.29) is 0 Å². The molecule has 1 aromatic rings. The highest BCUT2D eigenvalue weighted by Gasteiger charge is 2.26. The molecule has 102 valence electrons. The van der Waals surface area contributed by atoms with Crippen molar-refractivity contribution in [3.05, 3.63) is 34.9 Å². The standard InChI is InChI=1S/C17H24N2/c1-12-5-4-6-17(14(12)3)19-11-16-8-7-15(10-18)9-13(16)2/h7-9,12,14,17,19H,4-6,11H2,1-3H3. The summed E-state index contributed by atoms with van der Waals surface area (Å²) in [7, 11) is 0. The summed E-state index contributed by atoms with van der Waals surface area (Å²) in [5.41, 5.74) is 3.27. The van der Waals surface area contributed by atoms with E-state index in [0.717, 1.165) is 23.9 Å². The highest BCUT2D eigenvalue weighted by Crippen LogP contribution is 2.29. The second-order valence-corrected chi connectivity index (χ2v) is 6.01. The lowest BCUT2D eigenvalue weighted by atomic mass is 9.78. The average molecular weight is 256 g/mol. The normalized spacial score (nSPS) is 26.9. The summed E-state index contributed by atoms with van der Waals surface area (Å²) in [5, 5.41) is 12.6. The molecule has 2 nitrogen and oxygen atoms in total. The van der Waals surface area contributed by atoms with Crippen LogP contribution in [0.3, 0.4) is 0 Å². The van der Waals surface area contributed by atoms with Gasteiger partial charge in [-0.1, -0.05) is 32.8 Å². The second kappa shape index (κ2) is 6.21. The third-order valence-corrected chi connectivity index (χ3v) is 4.73. The topological polar surface area (TPSA) is 35.8 Å². The van der Waals surface area contributed by atoms with E-state index in [2.05, 4.69) is 38.2 Å². The van der Waals surface area contributed by atoms with Crippen molar-refractivity contribution < 1.29 is 0 Å². The molecule has 3 unspecified atom stereocenters. The molecule has 0 aromatic heterocycles. The summed E-state index contributed by atoms with van der Waals surface area (Å²) in [6.45, 7) is 7.74. The molecule has 3 atom stereocenters. The molecule has 0 bridgehead atoms. The van der Waals surface area contributed by atoms with E-state index in [9.17, 15) is 0 Å². The first-order valence-corrected chi connectivity index (χ1v) is 7.35. The average Bonchev–Trinajstić information content (AvgIpc) is 2.41. The van der Waals surface area contributed by atoms with Crippen molar-refractivity contribution in [3.8, 4) is 6.07 Å². The minimum Gasteiger partial charge on any atom is -0.310 e. The number of hydrogen-bond donors (Lipinski definition) is 1. The molecule has 19 heavy (non-hydrogen) atoms. The van der Waals surface area contributed by atoms with Crippen LogP contribution >= 0.6 is 0 Å². The Bertz CT molecular complexity index is 473. The zero-order valence-electron chi connectivity index (χ0n) is 12.2. The molecule has 1 fully saturated rings. The van der Waals surface area contributed by atoms with Crippen molar-refractivity contribution >= 4 is 0 Å². The highest BCUT2D eigenvalue weighted by atomic mass is 14.9. The van der Waals surface area contributed by atoms with Crippen LogP contribution in [0.15, 0.2) is 18.2 Å². The van der Waals surface area contributed by atoms with Gasteiger partial charge in [0.25, 0.3) is 0 Å². The number of nitriles is 1. The fraction of sp³-hybridized carbons (Fsp3) is 0.588. The van der Waals surface area contributed by atoms with Gasteiger partial charge in [-0.2, -0.15) is 5.26 Å². The van der Waals surface area contributed by atoms with Crippen LogP contribution in [0, 0.1) is 30.1 Å².